The number of rotatable bonds is 2. The summed E-state index contributed by atoms with van der Waals surface area (Å²) in [4.78, 5) is 12.2. The predicted molar refractivity (Wildman–Crippen MR) is 90.3 cm³/mol. The van der Waals surface area contributed by atoms with E-state index in [4.69, 9.17) is 4.74 Å². The molecule has 1 atom stereocenters. The molecule has 1 unspecified atom stereocenters. The SMILES string of the molecule is COc1cc2c(cc1C(C)C)C1=CC(=O)CC(C)(C)C1CC2. The summed E-state index contributed by atoms with van der Waals surface area (Å²) >= 11 is 0. The van der Waals surface area contributed by atoms with Gasteiger partial charge in [-0.2, -0.15) is 0 Å². The van der Waals surface area contributed by atoms with Gasteiger partial charge in [-0.05, 0) is 70.6 Å². The summed E-state index contributed by atoms with van der Waals surface area (Å²) in [5.74, 6) is 2.15. The number of carbonyl (C=O) groups excluding carboxylic acids is 1. The number of aryl methyl sites for hydroxylation is 1. The van der Waals surface area contributed by atoms with Crippen molar-refractivity contribution < 1.29 is 9.53 Å². The molecule has 0 spiro atoms. The Labute approximate surface area is 133 Å². The molecule has 0 aliphatic heterocycles. The fourth-order valence-electron chi connectivity index (χ4n) is 4.17. The van der Waals surface area contributed by atoms with Crippen LogP contribution in [0.15, 0.2) is 18.2 Å². The Bertz CT molecular complexity index is 650. The van der Waals surface area contributed by atoms with Crippen molar-refractivity contribution in [3.05, 3.63) is 34.9 Å². The van der Waals surface area contributed by atoms with E-state index in [9.17, 15) is 4.79 Å². The maximum atomic E-state index is 12.2. The molecular formula is C20H26O2. The van der Waals surface area contributed by atoms with Crippen molar-refractivity contribution in [1.29, 1.82) is 0 Å². The van der Waals surface area contributed by atoms with Gasteiger partial charge in [-0.1, -0.05) is 27.7 Å². The Morgan fingerprint density at radius 2 is 2.00 bits per heavy atom. The first-order valence-electron chi connectivity index (χ1n) is 8.29. The monoisotopic (exact) mass is 298 g/mol. The van der Waals surface area contributed by atoms with Crippen LogP contribution < -0.4 is 4.74 Å². The molecule has 0 fully saturated rings. The Hall–Kier alpha value is -1.57. The fourth-order valence-corrected chi connectivity index (χ4v) is 4.17. The first-order valence-corrected chi connectivity index (χ1v) is 8.29. The molecule has 0 saturated carbocycles. The van der Waals surface area contributed by atoms with Crippen LogP contribution in [0.4, 0.5) is 0 Å². The van der Waals surface area contributed by atoms with Crippen LogP contribution in [0.25, 0.3) is 5.57 Å². The van der Waals surface area contributed by atoms with Crippen LogP contribution in [0.2, 0.25) is 0 Å². The number of ketones is 1. The summed E-state index contributed by atoms with van der Waals surface area (Å²) in [6.45, 7) is 8.85. The van der Waals surface area contributed by atoms with Gasteiger partial charge >= 0.3 is 0 Å². The lowest BCUT2D eigenvalue weighted by Gasteiger charge is -2.42. The maximum absolute atomic E-state index is 12.2. The van der Waals surface area contributed by atoms with Crippen LogP contribution >= 0.6 is 0 Å². The lowest BCUT2D eigenvalue weighted by molar-refractivity contribution is -0.117. The van der Waals surface area contributed by atoms with Gasteiger partial charge in [0.25, 0.3) is 0 Å². The van der Waals surface area contributed by atoms with Crippen molar-refractivity contribution in [3.63, 3.8) is 0 Å². The van der Waals surface area contributed by atoms with Crippen LogP contribution in [0, 0.1) is 11.3 Å². The van der Waals surface area contributed by atoms with Crippen LogP contribution in [0.5, 0.6) is 5.75 Å². The van der Waals surface area contributed by atoms with E-state index in [1.165, 1.54) is 22.3 Å². The van der Waals surface area contributed by atoms with Gasteiger partial charge < -0.3 is 4.74 Å². The van der Waals surface area contributed by atoms with Gasteiger partial charge in [-0.15, -0.1) is 0 Å². The number of fused-ring (bicyclic) bond motifs is 3. The quantitative estimate of drug-likeness (QED) is 0.786. The topological polar surface area (TPSA) is 26.3 Å². The molecule has 0 N–H and O–H groups in total. The van der Waals surface area contributed by atoms with E-state index < -0.39 is 0 Å². The average molecular weight is 298 g/mol. The molecule has 22 heavy (non-hydrogen) atoms. The molecule has 2 aliphatic carbocycles. The molecule has 0 heterocycles. The summed E-state index contributed by atoms with van der Waals surface area (Å²) in [7, 11) is 1.74. The van der Waals surface area contributed by atoms with E-state index in [1.807, 2.05) is 6.08 Å². The molecule has 1 aromatic carbocycles. The van der Waals surface area contributed by atoms with Crippen molar-refractivity contribution in [2.24, 2.45) is 11.3 Å². The number of ether oxygens (including phenoxy) is 1. The van der Waals surface area contributed by atoms with Gasteiger partial charge in [0.05, 0.1) is 7.11 Å². The molecule has 2 aliphatic rings. The van der Waals surface area contributed by atoms with Crippen molar-refractivity contribution in [2.45, 2.75) is 52.9 Å². The highest BCUT2D eigenvalue weighted by Crippen LogP contribution is 2.50. The van der Waals surface area contributed by atoms with Crippen LogP contribution in [0.3, 0.4) is 0 Å². The van der Waals surface area contributed by atoms with Crippen molar-refractivity contribution in [1.82, 2.24) is 0 Å². The first-order chi connectivity index (χ1) is 10.3. The Balaban J connectivity index is 2.17. The number of methoxy groups -OCH3 is 1. The smallest absolute Gasteiger partial charge is 0.156 e. The van der Waals surface area contributed by atoms with Gasteiger partial charge in [-0.3, -0.25) is 4.79 Å². The third kappa shape index (κ3) is 2.39. The zero-order valence-corrected chi connectivity index (χ0v) is 14.3. The lowest BCUT2D eigenvalue weighted by Crippen LogP contribution is -2.34. The minimum atomic E-state index is 0.0662. The van der Waals surface area contributed by atoms with Gasteiger partial charge in [0, 0.05) is 6.42 Å². The highest BCUT2D eigenvalue weighted by molar-refractivity contribution is 6.00. The molecule has 0 amide bonds. The Morgan fingerprint density at radius 3 is 2.64 bits per heavy atom. The summed E-state index contributed by atoms with van der Waals surface area (Å²) in [6.07, 6.45) is 4.78. The molecule has 0 radical (unpaired) electrons. The van der Waals surface area contributed by atoms with Crippen LogP contribution in [-0.2, 0) is 11.2 Å². The minimum absolute atomic E-state index is 0.0662. The molecule has 0 saturated heterocycles. The molecule has 1 aromatic rings. The van der Waals surface area contributed by atoms with Crippen LogP contribution in [-0.4, -0.2) is 12.9 Å². The molecular weight excluding hydrogens is 272 g/mol. The van der Waals surface area contributed by atoms with Crippen molar-refractivity contribution >= 4 is 11.4 Å². The molecule has 2 nitrogen and oxygen atoms in total. The largest absolute Gasteiger partial charge is 0.496 e. The second kappa shape index (κ2) is 5.26. The second-order valence-electron chi connectivity index (χ2n) is 7.73. The zero-order chi connectivity index (χ0) is 16.1. The molecule has 2 heteroatoms. The zero-order valence-electron chi connectivity index (χ0n) is 14.3. The number of hydrogen-bond donors (Lipinski definition) is 0. The highest BCUT2D eigenvalue weighted by atomic mass is 16.5. The van der Waals surface area contributed by atoms with Crippen molar-refractivity contribution in [2.75, 3.05) is 7.11 Å². The van der Waals surface area contributed by atoms with E-state index in [2.05, 4.69) is 39.8 Å². The van der Waals surface area contributed by atoms with E-state index in [0.717, 1.165) is 18.6 Å². The number of allylic oxidation sites excluding steroid dienone is 2. The molecule has 0 bridgehead atoms. The van der Waals surface area contributed by atoms with Gasteiger partial charge in [0.2, 0.25) is 0 Å². The molecule has 0 aromatic heterocycles. The van der Waals surface area contributed by atoms with Gasteiger partial charge in [0.1, 0.15) is 5.75 Å². The van der Waals surface area contributed by atoms with E-state index in [1.54, 1.807) is 7.11 Å². The first kappa shape index (κ1) is 15.3. The third-order valence-electron chi connectivity index (χ3n) is 5.36. The summed E-state index contributed by atoms with van der Waals surface area (Å²) in [6, 6.07) is 4.46. The maximum Gasteiger partial charge on any atom is 0.156 e. The average Bonchev–Trinajstić information content (AvgIpc) is 2.44. The summed E-state index contributed by atoms with van der Waals surface area (Å²) in [5.41, 5.74) is 5.17. The van der Waals surface area contributed by atoms with Crippen molar-refractivity contribution in [3.8, 4) is 5.75 Å². The van der Waals surface area contributed by atoms with Crippen LogP contribution in [0.1, 0.15) is 63.1 Å². The van der Waals surface area contributed by atoms with E-state index in [-0.39, 0.29) is 11.2 Å². The summed E-state index contributed by atoms with van der Waals surface area (Å²) < 4.78 is 5.58. The molecule has 3 rings (SSSR count). The van der Waals surface area contributed by atoms with Gasteiger partial charge in [-0.25, -0.2) is 0 Å². The standard InChI is InChI=1S/C20H26O2/c1-12(2)15-10-16-13(8-19(15)22-5)6-7-18-17(16)9-14(21)11-20(18,3)4/h8-10,12,18H,6-7,11H2,1-5H3. The number of benzene rings is 1. The highest BCUT2D eigenvalue weighted by Gasteiger charge is 2.40. The Kier molecular flexibility index (Phi) is 3.66. The Morgan fingerprint density at radius 1 is 1.27 bits per heavy atom. The molecule has 118 valence electrons. The lowest BCUT2D eigenvalue weighted by atomic mass is 9.61. The fraction of sp³-hybridized carbons (Fsp3) is 0.550. The van der Waals surface area contributed by atoms with E-state index in [0.29, 0.717) is 18.3 Å². The number of hydrogen-bond acceptors (Lipinski definition) is 2. The van der Waals surface area contributed by atoms with E-state index >= 15 is 0 Å². The summed E-state index contributed by atoms with van der Waals surface area (Å²) in [5, 5.41) is 0. The van der Waals surface area contributed by atoms with Gasteiger partial charge in [0.15, 0.2) is 5.78 Å². The minimum Gasteiger partial charge on any atom is -0.496 e. The predicted octanol–water partition coefficient (Wildman–Crippen LogP) is 4.76. The number of carbonyl (C=O) groups is 1. The normalized spacial score (nSPS) is 22.9. The second-order valence-corrected chi connectivity index (χ2v) is 7.73. The third-order valence-corrected chi connectivity index (χ3v) is 5.36.